The van der Waals surface area contributed by atoms with Crippen molar-refractivity contribution in [3.63, 3.8) is 0 Å². The van der Waals surface area contributed by atoms with E-state index < -0.39 is 17.6 Å². The first-order valence-corrected chi connectivity index (χ1v) is 8.45. The number of imidazole rings is 1. The monoisotopic (exact) mass is 413 g/mol. The van der Waals surface area contributed by atoms with E-state index in [0.29, 0.717) is 33.7 Å². The molecule has 0 spiro atoms. The van der Waals surface area contributed by atoms with Crippen molar-refractivity contribution in [2.45, 2.75) is 12.6 Å². The summed E-state index contributed by atoms with van der Waals surface area (Å²) < 4.78 is 37.7. The Bertz CT molecular complexity index is 948. The number of carbonyl (C=O) groups excluding carboxylic acids is 1. The van der Waals surface area contributed by atoms with Crippen LogP contribution in [-0.2, 0) is 12.6 Å². The molecule has 0 aliphatic rings. The number of anilines is 1. The third-order valence-electron chi connectivity index (χ3n) is 3.76. The minimum atomic E-state index is -4.45. The van der Waals surface area contributed by atoms with Crippen LogP contribution in [0.15, 0.2) is 48.7 Å². The fourth-order valence-electron chi connectivity index (χ4n) is 2.39. The third kappa shape index (κ3) is 4.61. The number of H-pyrrole nitrogens is 1. The van der Waals surface area contributed by atoms with Crippen LogP contribution < -0.4 is 5.32 Å². The predicted octanol–water partition coefficient (Wildman–Crippen LogP) is 5.58. The Labute approximate surface area is 162 Å². The lowest BCUT2D eigenvalue weighted by molar-refractivity contribution is -0.137. The number of halogens is 5. The molecule has 3 rings (SSSR count). The first-order chi connectivity index (χ1) is 12.7. The van der Waals surface area contributed by atoms with Crippen molar-refractivity contribution >= 4 is 34.9 Å². The number of nitrogens with one attached hydrogen (secondary N) is 2. The Morgan fingerprint density at radius 3 is 2.30 bits per heavy atom. The van der Waals surface area contributed by atoms with Crippen LogP contribution in [-0.4, -0.2) is 15.9 Å². The molecule has 0 saturated carbocycles. The van der Waals surface area contributed by atoms with E-state index in [1.807, 2.05) is 0 Å². The summed E-state index contributed by atoms with van der Waals surface area (Å²) in [5.41, 5.74) is -0.0383. The molecule has 140 valence electrons. The highest BCUT2D eigenvalue weighted by Gasteiger charge is 2.30. The molecule has 1 aromatic heterocycles. The summed E-state index contributed by atoms with van der Waals surface area (Å²) in [6, 6.07) is 9.07. The van der Waals surface area contributed by atoms with Gasteiger partial charge in [-0.3, -0.25) is 4.79 Å². The number of rotatable bonds is 4. The van der Waals surface area contributed by atoms with Gasteiger partial charge in [-0.05, 0) is 42.0 Å². The molecule has 0 aliphatic heterocycles. The van der Waals surface area contributed by atoms with E-state index >= 15 is 0 Å². The topological polar surface area (TPSA) is 57.8 Å². The summed E-state index contributed by atoms with van der Waals surface area (Å²) in [5, 5.41) is 3.54. The van der Waals surface area contributed by atoms with Crippen LogP contribution in [0.2, 0.25) is 10.0 Å². The predicted molar refractivity (Wildman–Crippen MR) is 97.3 cm³/mol. The summed E-state index contributed by atoms with van der Waals surface area (Å²) >= 11 is 12.2. The zero-order chi connectivity index (χ0) is 19.6. The Hall–Kier alpha value is -2.51. The lowest BCUT2D eigenvalue weighted by Gasteiger charge is -2.07. The van der Waals surface area contributed by atoms with Crippen LogP contribution in [0.4, 0.5) is 19.0 Å². The van der Waals surface area contributed by atoms with Crippen LogP contribution in [0.1, 0.15) is 27.3 Å². The minimum Gasteiger partial charge on any atom is -0.328 e. The quantitative estimate of drug-likeness (QED) is 0.586. The van der Waals surface area contributed by atoms with Crippen molar-refractivity contribution in [1.82, 2.24) is 9.97 Å². The van der Waals surface area contributed by atoms with Crippen LogP contribution in [0.25, 0.3) is 0 Å². The van der Waals surface area contributed by atoms with Gasteiger partial charge in [-0.15, -0.1) is 0 Å². The van der Waals surface area contributed by atoms with Crippen LogP contribution in [0, 0.1) is 0 Å². The standard InChI is InChI=1S/C18H12Cl2F3N3O/c19-13-2-1-3-14(20)12(13)8-15-24-9-16(25-15)26-17(27)10-4-6-11(7-5-10)18(21,22)23/h1-7,9H,8H2,(H,24,25)(H,26,27). The molecule has 0 fully saturated rings. The summed E-state index contributed by atoms with van der Waals surface area (Å²) in [5.74, 6) is 0.264. The van der Waals surface area contributed by atoms with Crippen molar-refractivity contribution in [3.8, 4) is 0 Å². The van der Waals surface area contributed by atoms with Crippen molar-refractivity contribution in [1.29, 1.82) is 0 Å². The van der Waals surface area contributed by atoms with E-state index in [2.05, 4.69) is 15.3 Å². The number of hydrogen-bond donors (Lipinski definition) is 2. The number of benzene rings is 2. The van der Waals surface area contributed by atoms with Gasteiger partial charge in [0.05, 0.1) is 11.8 Å². The largest absolute Gasteiger partial charge is 0.416 e. The number of hydrogen-bond acceptors (Lipinski definition) is 2. The maximum atomic E-state index is 12.6. The molecule has 0 bridgehead atoms. The normalized spacial score (nSPS) is 11.4. The lowest BCUT2D eigenvalue weighted by Crippen LogP contribution is -2.13. The summed E-state index contributed by atoms with van der Waals surface area (Å²) in [4.78, 5) is 19.2. The highest BCUT2D eigenvalue weighted by molar-refractivity contribution is 6.36. The van der Waals surface area contributed by atoms with E-state index in [1.54, 1.807) is 18.2 Å². The van der Waals surface area contributed by atoms with Gasteiger partial charge in [0.1, 0.15) is 11.6 Å². The van der Waals surface area contributed by atoms with Gasteiger partial charge in [-0.2, -0.15) is 13.2 Å². The van der Waals surface area contributed by atoms with Gasteiger partial charge in [-0.25, -0.2) is 4.98 Å². The Kier molecular flexibility index (Phi) is 5.43. The second-order valence-electron chi connectivity index (χ2n) is 5.65. The number of carbonyl (C=O) groups is 1. The van der Waals surface area contributed by atoms with Gasteiger partial charge in [0.25, 0.3) is 5.91 Å². The third-order valence-corrected chi connectivity index (χ3v) is 4.47. The van der Waals surface area contributed by atoms with Gasteiger partial charge in [0.15, 0.2) is 0 Å². The molecule has 1 heterocycles. The number of alkyl halides is 3. The SMILES string of the molecule is O=C(Nc1cnc(Cc2c(Cl)cccc2Cl)[nH]1)c1ccc(C(F)(F)F)cc1. The average molecular weight is 414 g/mol. The van der Waals surface area contributed by atoms with Crippen molar-refractivity contribution in [2.24, 2.45) is 0 Å². The first-order valence-electron chi connectivity index (χ1n) is 7.69. The van der Waals surface area contributed by atoms with Gasteiger partial charge in [0, 0.05) is 22.0 Å². The molecule has 9 heteroatoms. The highest BCUT2D eigenvalue weighted by atomic mass is 35.5. The molecule has 2 aromatic carbocycles. The fraction of sp³-hybridized carbons (Fsp3) is 0.111. The summed E-state index contributed by atoms with van der Waals surface area (Å²) in [6.07, 6.45) is -2.72. The molecule has 0 aliphatic carbocycles. The molecule has 0 radical (unpaired) electrons. The Morgan fingerprint density at radius 1 is 1.07 bits per heavy atom. The lowest BCUT2D eigenvalue weighted by atomic mass is 10.1. The maximum Gasteiger partial charge on any atom is 0.416 e. The number of nitrogens with zero attached hydrogens (tertiary/aromatic N) is 1. The van der Waals surface area contributed by atoms with Crippen molar-refractivity contribution in [2.75, 3.05) is 5.32 Å². The second kappa shape index (κ2) is 7.62. The van der Waals surface area contributed by atoms with Crippen LogP contribution in [0.3, 0.4) is 0 Å². The molecule has 27 heavy (non-hydrogen) atoms. The Balaban J connectivity index is 1.69. The van der Waals surface area contributed by atoms with E-state index in [0.717, 1.165) is 24.3 Å². The minimum absolute atomic E-state index is 0.0910. The molecule has 2 N–H and O–H groups in total. The zero-order valence-electron chi connectivity index (χ0n) is 13.6. The van der Waals surface area contributed by atoms with Crippen LogP contribution in [0.5, 0.6) is 0 Å². The van der Waals surface area contributed by atoms with Gasteiger partial charge in [0.2, 0.25) is 0 Å². The number of amides is 1. The molecular formula is C18H12Cl2F3N3O. The van der Waals surface area contributed by atoms with E-state index in [9.17, 15) is 18.0 Å². The summed E-state index contributed by atoms with van der Waals surface area (Å²) in [6.45, 7) is 0. The molecule has 0 unspecified atom stereocenters. The zero-order valence-corrected chi connectivity index (χ0v) is 15.1. The summed E-state index contributed by atoms with van der Waals surface area (Å²) in [7, 11) is 0. The molecule has 3 aromatic rings. The van der Waals surface area contributed by atoms with E-state index in [4.69, 9.17) is 23.2 Å². The second-order valence-corrected chi connectivity index (χ2v) is 6.46. The molecule has 0 atom stereocenters. The molecule has 1 amide bonds. The molecule has 0 saturated heterocycles. The van der Waals surface area contributed by atoms with Crippen molar-refractivity contribution < 1.29 is 18.0 Å². The van der Waals surface area contributed by atoms with Crippen LogP contribution >= 0.6 is 23.2 Å². The highest BCUT2D eigenvalue weighted by Crippen LogP contribution is 2.29. The number of aromatic amines is 1. The smallest absolute Gasteiger partial charge is 0.328 e. The van der Waals surface area contributed by atoms with Gasteiger partial charge in [-0.1, -0.05) is 29.3 Å². The fourth-order valence-corrected chi connectivity index (χ4v) is 2.92. The Morgan fingerprint density at radius 2 is 1.70 bits per heavy atom. The van der Waals surface area contributed by atoms with Gasteiger partial charge < -0.3 is 10.3 Å². The van der Waals surface area contributed by atoms with E-state index in [-0.39, 0.29) is 5.56 Å². The molecular weight excluding hydrogens is 402 g/mol. The van der Waals surface area contributed by atoms with Gasteiger partial charge >= 0.3 is 6.18 Å². The molecule has 4 nitrogen and oxygen atoms in total. The first kappa shape index (κ1) is 19.3. The average Bonchev–Trinajstić information content (AvgIpc) is 3.05. The van der Waals surface area contributed by atoms with Crippen molar-refractivity contribution in [3.05, 3.63) is 81.2 Å². The number of aromatic nitrogens is 2. The maximum absolute atomic E-state index is 12.6. The van der Waals surface area contributed by atoms with E-state index in [1.165, 1.54) is 6.20 Å².